The molecule has 0 aliphatic rings. The van der Waals surface area contributed by atoms with Crippen molar-refractivity contribution >= 4 is 38.9 Å². The number of rotatable bonds is 4. The second-order valence-electron chi connectivity index (χ2n) is 3.33. The van der Waals surface area contributed by atoms with Crippen LogP contribution in [0, 0.1) is 0 Å². The highest BCUT2D eigenvalue weighted by Gasteiger charge is 2.08. The summed E-state index contributed by atoms with van der Waals surface area (Å²) >= 11 is 4.78. The summed E-state index contributed by atoms with van der Waals surface area (Å²) in [5.41, 5.74) is 3.85. The Hall–Kier alpha value is -1.40. The highest BCUT2D eigenvalue weighted by atomic mass is 79.9. The Labute approximate surface area is 110 Å². The Balaban J connectivity index is 2.07. The fourth-order valence-corrected chi connectivity index (χ4v) is 2.42. The molecule has 88 valence electrons. The predicted molar refractivity (Wildman–Crippen MR) is 70.5 cm³/mol. The van der Waals surface area contributed by atoms with Crippen LogP contribution in [0.1, 0.15) is 16.1 Å². The number of carboxylic acids is 1. The Morgan fingerprint density at radius 2 is 2.35 bits per heavy atom. The van der Waals surface area contributed by atoms with Gasteiger partial charge in [0.25, 0.3) is 0 Å². The van der Waals surface area contributed by atoms with Crippen molar-refractivity contribution in [3.63, 3.8) is 0 Å². The second-order valence-corrected chi connectivity index (χ2v) is 4.91. The van der Waals surface area contributed by atoms with Crippen LogP contribution in [-0.2, 0) is 6.54 Å². The first-order valence-electron chi connectivity index (χ1n) is 4.80. The molecular formula is C11H9BrN2O2S. The molecule has 0 saturated heterocycles. The first kappa shape index (κ1) is 12.1. The van der Waals surface area contributed by atoms with Gasteiger partial charge in [0.2, 0.25) is 0 Å². The number of benzene rings is 1. The third kappa shape index (κ3) is 3.04. The second kappa shape index (κ2) is 5.29. The third-order valence-corrected chi connectivity index (χ3v) is 3.45. The average Bonchev–Trinajstić information content (AvgIpc) is 2.78. The Kier molecular flexibility index (Phi) is 3.75. The van der Waals surface area contributed by atoms with Crippen molar-refractivity contribution in [2.45, 2.75) is 6.54 Å². The number of halogens is 1. The summed E-state index contributed by atoms with van der Waals surface area (Å²) in [4.78, 5) is 15.0. The van der Waals surface area contributed by atoms with E-state index < -0.39 is 5.97 Å². The first-order chi connectivity index (χ1) is 8.16. The highest BCUT2D eigenvalue weighted by molar-refractivity contribution is 9.10. The molecule has 2 aromatic rings. The van der Waals surface area contributed by atoms with Crippen LogP contribution in [0.4, 0.5) is 5.69 Å². The van der Waals surface area contributed by atoms with E-state index in [2.05, 4.69) is 26.2 Å². The van der Waals surface area contributed by atoms with Gasteiger partial charge in [-0.05, 0) is 34.1 Å². The number of carboxylic acid groups (broad SMARTS) is 1. The standard InChI is InChI=1S/C11H9BrN2O2S/c12-10-3-7(1-2-9(10)11(15)16)13-4-8-5-17-6-14-8/h1-3,5-6,13H,4H2,(H,15,16). The molecule has 0 bridgehead atoms. The van der Waals surface area contributed by atoms with Crippen molar-refractivity contribution in [3.8, 4) is 0 Å². The quantitative estimate of drug-likeness (QED) is 0.910. The van der Waals surface area contributed by atoms with Gasteiger partial charge in [0.1, 0.15) is 0 Å². The molecule has 0 amide bonds. The summed E-state index contributed by atoms with van der Waals surface area (Å²) in [6.07, 6.45) is 0. The van der Waals surface area contributed by atoms with Gasteiger partial charge in [-0.3, -0.25) is 0 Å². The fraction of sp³-hybridized carbons (Fsp3) is 0.0909. The van der Waals surface area contributed by atoms with Gasteiger partial charge in [-0.2, -0.15) is 0 Å². The maximum absolute atomic E-state index is 10.8. The molecule has 4 nitrogen and oxygen atoms in total. The number of nitrogens with one attached hydrogen (secondary N) is 1. The Bertz CT molecular complexity index is 528. The van der Waals surface area contributed by atoms with Gasteiger partial charge >= 0.3 is 5.97 Å². The average molecular weight is 313 g/mol. The van der Waals surface area contributed by atoms with E-state index in [1.807, 2.05) is 5.38 Å². The van der Waals surface area contributed by atoms with Crippen LogP contribution in [0.3, 0.4) is 0 Å². The van der Waals surface area contributed by atoms with Gasteiger partial charge in [0.05, 0.1) is 23.3 Å². The lowest BCUT2D eigenvalue weighted by Gasteiger charge is -2.06. The topological polar surface area (TPSA) is 62.2 Å². The number of thiazole rings is 1. The number of aromatic nitrogens is 1. The first-order valence-corrected chi connectivity index (χ1v) is 6.54. The molecule has 17 heavy (non-hydrogen) atoms. The molecule has 0 aliphatic heterocycles. The number of anilines is 1. The molecule has 1 aromatic carbocycles. The highest BCUT2D eigenvalue weighted by Crippen LogP contribution is 2.22. The van der Waals surface area contributed by atoms with Crippen LogP contribution in [0.25, 0.3) is 0 Å². The summed E-state index contributed by atoms with van der Waals surface area (Å²) in [5, 5.41) is 14.0. The monoisotopic (exact) mass is 312 g/mol. The van der Waals surface area contributed by atoms with Crippen molar-refractivity contribution in [3.05, 3.63) is 44.8 Å². The van der Waals surface area contributed by atoms with Crippen LogP contribution in [0.15, 0.2) is 33.6 Å². The van der Waals surface area contributed by atoms with Crippen LogP contribution in [0.5, 0.6) is 0 Å². The minimum Gasteiger partial charge on any atom is -0.478 e. The minimum absolute atomic E-state index is 0.254. The zero-order valence-corrected chi connectivity index (χ0v) is 11.1. The zero-order chi connectivity index (χ0) is 12.3. The van der Waals surface area contributed by atoms with Crippen LogP contribution < -0.4 is 5.32 Å². The maximum atomic E-state index is 10.8. The molecule has 2 N–H and O–H groups in total. The molecule has 0 unspecified atom stereocenters. The number of hydrogen-bond donors (Lipinski definition) is 2. The molecule has 6 heteroatoms. The maximum Gasteiger partial charge on any atom is 0.336 e. The van der Waals surface area contributed by atoms with Crippen LogP contribution >= 0.6 is 27.3 Å². The minimum atomic E-state index is -0.942. The van der Waals surface area contributed by atoms with E-state index in [1.54, 1.807) is 35.0 Å². The van der Waals surface area contributed by atoms with Crippen LogP contribution in [-0.4, -0.2) is 16.1 Å². The van der Waals surface area contributed by atoms with Crippen molar-refractivity contribution in [1.29, 1.82) is 0 Å². The molecule has 0 fully saturated rings. The van der Waals surface area contributed by atoms with Gasteiger partial charge in [-0.1, -0.05) is 0 Å². The normalized spacial score (nSPS) is 10.2. The molecule has 0 radical (unpaired) electrons. The van der Waals surface area contributed by atoms with E-state index in [4.69, 9.17) is 5.11 Å². The van der Waals surface area contributed by atoms with E-state index in [9.17, 15) is 4.79 Å². The number of carbonyl (C=O) groups is 1. The number of nitrogens with zero attached hydrogens (tertiary/aromatic N) is 1. The van der Waals surface area contributed by atoms with E-state index in [1.165, 1.54) is 0 Å². The summed E-state index contributed by atoms with van der Waals surface area (Å²) < 4.78 is 0.563. The lowest BCUT2D eigenvalue weighted by Crippen LogP contribution is -2.02. The number of aromatic carboxylic acids is 1. The van der Waals surface area contributed by atoms with Gasteiger partial charge in [0, 0.05) is 15.5 Å². The van der Waals surface area contributed by atoms with E-state index in [0.717, 1.165) is 11.4 Å². The third-order valence-electron chi connectivity index (χ3n) is 2.16. The molecule has 0 aliphatic carbocycles. The van der Waals surface area contributed by atoms with E-state index in [0.29, 0.717) is 11.0 Å². The summed E-state index contributed by atoms with van der Waals surface area (Å²) in [6, 6.07) is 5.05. The lowest BCUT2D eigenvalue weighted by molar-refractivity contribution is 0.0696. The molecule has 0 atom stereocenters. The summed E-state index contributed by atoms with van der Waals surface area (Å²) in [6.45, 7) is 0.627. The molecular weight excluding hydrogens is 304 g/mol. The number of hydrogen-bond acceptors (Lipinski definition) is 4. The van der Waals surface area contributed by atoms with Gasteiger partial charge in [-0.25, -0.2) is 9.78 Å². The van der Waals surface area contributed by atoms with Crippen molar-refractivity contribution in [1.82, 2.24) is 4.98 Å². The van der Waals surface area contributed by atoms with Crippen molar-refractivity contribution < 1.29 is 9.90 Å². The SMILES string of the molecule is O=C(O)c1ccc(NCc2cscn2)cc1Br. The smallest absolute Gasteiger partial charge is 0.336 e. The molecule has 1 heterocycles. The van der Waals surface area contributed by atoms with Gasteiger partial charge in [-0.15, -0.1) is 11.3 Å². The molecule has 2 rings (SSSR count). The molecule has 0 spiro atoms. The van der Waals surface area contributed by atoms with E-state index >= 15 is 0 Å². The predicted octanol–water partition coefficient (Wildman–Crippen LogP) is 3.22. The molecule has 1 aromatic heterocycles. The van der Waals surface area contributed by atoms with Crippen LogP contribution in [0.2, 0.25) is 0 Å². The van der Waals surface area contributed by atoms with Crippen molar-refractivity contribution in [2.24, 2.45) is 0 Å². The lowest BCUT2D eigenvalue weighted by atomic mass is 10.2. The molecule has 0 saturated carbocycles. The van der Waals surface area contributed by atoms with E-state index in [-0.39, 0.29) is 5.56 Å². The van der Waals surface area contributed by atoms with Gasteiger partial charge in [0.15, 0.2) is 0 Å². The zero-order valence-electron chi connectivity index (χ0n) is 8.68. The van der Waals surface area contributed by atoms with Crippen molar-refractivity contribution in [2.75, 3.05) is 5.32 Å². The van der Waals surface area contributed by atoms with Gasteiger partial charge < -0.3 is 10.4 Å². The summed E-state index contributed by atoms with van der Waals surface area (Å²) in [5.74, 6) is -0.942. The summed E-state index contributed by atoms with van der Waals surface area (Å²) in [7, 11) is 0. The Morgan fingerprint density at radius 1 is 1.53 bits per heavy atom. The fourth-order valence-electron chi connectivity index (χ4n) is 1.32. The largest absolute Gasteiger partial charge is 0.478 e. The Morgan fingerprint density at radius 3 is 2.94 bits per heavy atom.